The molecule has 1 aliphatic rings. The third-order valence-corrected chi connectivity index (χ3v) is 3.70. The van der Waals surface area contributed by atoms with Crippen molar-refractivity contribution in [1.82, 2.24) is 9.80 Å². The molecule has 2 rings (SSSR count). The van der Waals surface area contributed by atoms with Gasteiger partial charge >= 0.3 is 0 Å². The van der Waals surface area contributed by atoms with Crippen LogP contribution >= 0.6 is 0 Å². The summed E-state index contributed by atoms with van der Waals surface area (Å²) in [6, 6.07) is 8.56. The molecule has 0 bridgehead atoms. The summed E-state index contributed by atoms with van der Waals surface area (Å²) in [5.41, 5.74) is 8.63. The molecule has 3 nitrogen and oxygen atoms in total. The lowest BCUT2D eigenvalue weighted by Crippen LogP contribution is -2.44. The molecule has 1 aromatic carbocycles. The van der Waals surface area contributed by atoms with Crippen LogP contribution in [-0.2, 0) is 12.1 Å². The highest BCUT2D eigenvalue weighted by Crippen LogP contribution is 2.22. The van der Waals surface area contributed by atoms with E-state index in [1.165, 1.54) is 11.1 Å². The van der Waals surface area contributed by atoms with Crippen LogP contribution < -0.4 is 5.73 Å². The molecule has 0 unspecified atom stereocenters. The van der Waals surface area contributed by atoms with Gasteiger partial charge in [-0.2, -0.15) is 0 Å². The molecule has 1 aromatic rings. The van der Waals surface area contributed by atoms with Crippen molar-refractivity contribution < 1.29 is 0 Å². The number of hydrogen-bond donors (Lipinski definition) is 1. The number of nitrogens with two attached hydrogens (primary N) is 1. The van der Waals surface area contributed by atoms with Crippen molar-refractivity contribution in [2.75, 3.05) is 33.2 Å². The van der Waals surface area contributed by atoms with Crippen LogP contribution in [0.15, 0.2) is 24.3 Å². The Morgan fingerprint density at radius 3 is 2.33 bits per heavy atom. The van der Waals surface area contributed by atoms with Gasteiger partial charge in [-0.25, -0.2) is 0 Å². The van der Waals surface area contributed by atoms with E-state index in [2.05, 4.69) is 55.0 Å². The van der Waals surface area contributed by atoms with Gasteiger partial charge in [0, 0.05) is 38.3 Å². The fraction of sp³-hybridized carbons (Fsp3) is 0.600. The molecule has 1 aliphatic heterocycles. The van der Waals surface area contributed by atoms with Gasteiger partial charge in [-0.3, -0.25) is 4.90 Å². The number of rotatable bonds is 3. The molecule has 0 aliphatic carbocycles. The van der Waals surface area contributed by atoms with E-state index < -0.39 is 0 Å². The third-order valence-electron chi connectivity index (χ3n) is 3.70. The Morgan fingerprint density at radius 1 is 1.11 bits per heavy atom. The molecule has 0 atom stereocenters. The van der Waals surface area contributed by atoms with Gasteiger partial charge in [0.25, 0.3) is 0 Å². The van der Waals surface area contributed by atoms with Gasteiger partial charge in [0.15, 0.2) is 0 Å². The van der Waals surface area contributed by atoms with Crippen molar-refractivity contribution in [3.8, 4) is 0 Å². The predicted molar refractivity (Wildman–Crippen MR) is 76.4 cm³/mol. The number of nitrogens with zero attached hydrogens (tertiary/aromatic N) is 2. The minimum absolute atomic E-state index is 0.261. The standard InChI is InChI=1S/C15H25N3/c1-15(2,16)14-7-5-4-6-13(14)12-18-10-8-17(3)9-11-18/h4-7H,8-12,16H2,1-3H3. The molecule has 0 aromatic heterocycles. The van der Waals surface area contributed by atoms with E-state index in [4.69, 9.17) is 5.73 Å². The lowest BCUT2D eigenvalue weighted by molar-refractivity contribution is 0.147. The Hall–Kier alpha value is -0.900. The van der Waals surface area contributed by atoms with Gasteiger partial charge in [-0.05, 0) is 32.0 Å². The van der Waals surface area contributed by atoms with Crippen LogP contribution in [0.25, 0.3) is 0 Å². The normalized spacial score (nSPS) is 19.1. The maximum absolute atomic E-state index is 6.26. The lowest BCUT2D eigenvalue weighted by atomic mass is 9.90. The molecule has 1 saturated heterocycles. The molecule has 0 spiro atoms. The smallest absolute Gasteiger partial charge is 0.0355 e. The second-order valence-electron chi connectivity index (χ2n) is 5.96. The SMILES string of the molecule is CN1CCN(Cc2ccccc2C(C)(C)N)CC1. The Balaban J connectivity index is 2.10. The van der Waals surface area contributed by atoms with Crippen LogP contribution in [0.5, 0.6) is 0 Å². The van der Waals surface area contributed by atoms with E-state index in [0.717, 1.165) is 32.7 Å². The van der Waals surface area contributed by atoms with Crippen LogP contribution in [0.4, 0.5) is 0 Å². The fourth-order valence-electron chi connectivity index (χ4n) is 2.53. The van der Waals surface area contributed by atoms with Gasteiger partial charge in [-0.15, -0.1) is 0 Å². The topological polar surface area (TPSA) is 32.5 Å². The van der Waals surface area contributed by atoms with E-state index >= 15 is 0 Å². The highest BCUT2D eigenvalue weighted by molar-refractivity contribution is 5.32. The number of hydrogen-bond acceptors (Lipinski definition) is 3. The summed E-state index contributed by atoms with van der Waals surface area (Å²) in [6.07, 6.45) is 0. The Kier molecular flexibility index (Phi) is 4.05. The number of benzene rings is 1. The van der Waals surface area contributed by atoms with Crippen LogP contribution in [0.2, 0.25) is 0 Å². The van der Waals surface area contributed by atoms with Crippen LogP contribution in [0.1, 0.15) is 25.0 Å². The summed E-state index contributed by atoms with van der Waals surface area (Å²) in [5, 5.41) is 0. The van der Waals surface area contributed by atoms with E-state index in [1.54, 1.807) is 0 Å². The molecule has 3 heteroatoms. The first kappa shape index (κ1) is 13.5. The van der Waals surface area contributed by atoms with E-state index in [-0.39, 0.29) is 5.54 Å². The minimum Gasteiger partial charge on any atom is -0.322 e. The first-order valence-electron chi connectivity index (χ1n) is 6.75. The van der Waals surface area contributed by atoms with Crippen LogP contribution in [0, 0.1) is 0 Å². The van der Waals surface area contributed by atoms with Crippen molar-refractivity contribution in [3.63, 3.8) is 0 Å². The zero-order chi connectivity index (χ0) is 13.2. The predicted octanol–water partition coefficient (Wildman–Crippen LogP) is 1.63. The summed E-state index contributed by atoms with van der Waals surface area (Å²) < 4.78 is 0. The summed E-state index contributed by atoms with van der Waals surface area (Å²) in [7, 11) is 2.19. The molecule has 1 fully saturated rings. The van der Waals surface area contributed by atoms with Gasteiger partial charge < -0.3 is 10.6 Å². The molecular formula is C15H25N3. The quantitative estimate of drug-likeness (QED) is 0.881. The van der Waals surface area contributed by atoms with Gasteiger partial charge in [0.2, 0.25) is 0 Å². The molecule has 100 valence electrons. The molecule has 0 saturated carbocycles. The number of likely N-dealkylation sites (N-methyl/N-ethyl adjacent to an activating group) is 1. The monoisotopic (exact) mass is 247 g/mol. The number of piperazine rings is 1. The zero-order valence-electron chi connectivity index (χ0n) is 11.8. The lowest BCUT2D eigenvalue weighted by Gasteiger charge is -2.33. The van der Waals surface area contributed by atoms with Crippen LogP contribution in [0.3, 0.4) is 0 Å². The summed E-state index contributed by atoms with van der Waals surface area (Å²) >= 11 is 0. The minimum atomic E-state index is -0.261. The molecule has 18 heavy (non-hydrogen) atoms. The fourth-order valence-corrected chi connectivity index (χ4v) is 2.53. The second kappa shape index (κ2) is 5.39. The van der Waals surface area contributed by atoms with Crippen LogP contribution in [-0.4, -0.2) is 43.0 Å². The van der Waals surface area contributed by atoms with Crippen molar-refractivity contribution >= 4 is 0 Å². The van der Waals surface area contributed by atoms with Crippen molar-refractivity contribution in [3.05, 3.63) is 35.4 Å². The van der Waals surface area contributed by atoms with E-state index in [9.17, 15) is 0 Å². The zero-order valence-corrected chi connectivity index (χ0v) is 11.8. The first-order chi connectivity index (χ1) is 8.47. The Morgan fingerprint density at radius 2 is 1.72 bits per heavy atom. The largest absolute Gasteiger partial charge is 0.322 e. The maximum Gasteiger partial charge on any atom is 0.0355 e. The van der Waals surface area contributed by atoms with Gasteiger partial charge in [-0.1, -0.05) is 24.3 Å². The summed E-state index contributed by atoms with van der Waals surface area (Å²) in [5.74, 6) is 0. The van der Waals surface area contributed by atoms with E-state index in [1.807, 2.05) is 0 Å². The van der Waals surface area contributed by atoms with Crippen molar-refractivity contribution in [2.24, 2.45) is 5.73 Å². The average Bonchev–Trinajstić information content (AvgIpc) is 2.31. The second-order valence-corrected chi connectivity index (χ2v) is 5.96. The molecule has 0 amide bonds. The Labute approximate surface area is 111 Å². The Bertz CT molecular complexity index is 387. The van der Waals surface area contributed by atoms with Crippen molar-refractivity contribution in [2.45, 2.75) is 25.9 Å². The van der Waals surface area contributed by atoms with E-state index in [0.29, 0.717) is 0 Å². The molecule has 2 N–H and O–H groups in total. The summed E-state index contributed by atoms with van der Waals surface area (Å²) in [6.45, 7) is 9.80. The third kappa shape index (κ3) is 3.31. The average molecular weight is 247 g/mol. The molecular weight excluding hydrogens is 222 g/mol. The highest BCUT2D eigenvalue weighted by Gasteiger charge is 2.20. The van der Waals surface area contributed by atoms with Gasteiger partial charge in [0.1, 0.15) is 0 Å². The summed E-state index contributed by atoms with van der Waals surface area (Å²) in [4.78, 5) is 4.90. The van der Waals surface area contributed by atoms with Crippen molar-refractivity contribution in [1.29, 1.82) is 0 Å². The first-order valence-corrected chi connectivity index (χ1v) is 6.75. The molecule has 1 heterocycles. The highest BCUT2D eigenvalue weighted by atomic mass is 15.2. The maximum atomic E-state index is 6.26. The molecule has 0 radical (unpaired) electrons. The van der Waals surface area contributed by atoms with Gasteiger partial charge in [0.05, 0.1) is 0 Å².